The maximum Gasteiger partial charge on any atom is 0.263 e. The van der Waals surface area contributed by atoms with Gasteiger partial charge in [-0.1, -0.05) is 6.08 Å². The smallest absolute Gasteiger partial charge is 0.263 e. The number of anilines is 2. The lowest BCUT2D eigenvalue weighted by Crippen LogP contribution is -2.31. The Kier molecular flexibility index (Phi) is 4.89. The summed E-state index contributed by atoms with van der Waals surface area (Å²) in [6.07, 6.45) is 2.76. The van der Waals surface area contributed by atoms with Crippen LogP contribution in [0.2, 0.25) is 0 Å². The van der Waals surface area contributed by atoms with Crippen molar-refractivity contribution in [1.29, 1.82) is 0 Å². The van der Waals surface area contributed by atoms with Crippen molar-refractivity contribution in [2.45, 2.75) is 18.9 Å². The summed E-state index contributed by atoms with van der Waals surface area (Å²) in [6.45, 7) is 3.93. The van der Waals surface area contributed by atoms with Crippen LogP contribution in [0.3, 0.4) is 0 Å². The Bertz CT molecular complexity index is 623. The van der Waals surface area contributed by atoms with Gasteiger partial charge in [0.2, 0.25) is 0 Å². The molecule has 1 aromatic heterocycles. The van der Waals surface area contributed by atoms with E-state index in [9.17, 15) is 13.2 Å². The predicted molar refractivity (Wildman–Crippen MR) is 86.6 cm³/mol. The number of carbonyl (C=O) groups excluding carboxylic acids is 1. The Hall–Kier alpha value is -1.54. The van der Waals surface area contributed by atoms with E-state index in [4.69, 9.17) is 5.73 Å². The maximum absolute atomic E-state index is 11.9. The van der Waals surface area contributed by atoms with Gasteiger partial charge in [0.25, 0.3) is 5.91 Å². The van der Waals surface area contributed by atoms with E-state index in [1.165, 1.54) is 11.3 Å². The maximum atomic E-state index is 11.9. The molecule has 0 saturated carbocycles. The number of hydrogen-bond donors (Lipinski definition) is 3. The van der Waals surface area contributed by atoms with Crippen LogP contribution < -0.4 is 16.4 Å². The summed E-state index contributed by atoms with van der Waals surface area (Å²) in [7, 11) is -2.87. The number of amides is 1. The van der Waals surface area contributed by atoms with Crippen LogP contribution in [0.1, 0.15) is 22.5 Å². The van der Waals surface area contributed by atoms with Crippen LogP contribution in [0.4, 0.5) is 10.7 Å². The molecule has 116 valence electrons. The summed E-state index contributed by atoms with van der Waals surface area (Å²) in [5.41, 5.74) is 6.27. The molecule has 2 heterocycles. The molecule has 21 heavy (non-hydrogen) atoms. The molecule has 1 saturated heterocycles. The third-order valence-electron chi connectivity index (χ3n) is 3.28. The molecule has 0 bridgehead atoms. The van der Waals surface area contributed by atoms with E-state index in [-0.39, 0.29) is 23.5 Å². The second kappa shape index (κ2) is 6.48. The van der Waals surface area contributed by atoms with Gasteiger partial charge in [-0.25, -0.2) is 8.42 Å². The van der Waals surface area contributed by atoms with Gasteiger partial charge in [-0.15, -0.1) is 17.9 Å². The Morgan fingerprint density at radius 1 is 1.48 bits per heavy atom. The zero-order valence-corrected chi connectivity index (χ0v) is 13.2. The standard InChI is InChI=1S/C13H19N3O3S2/c1-2-5-15-13(17)12-10(14)8-11(20-12)16-9-3-6-21(18,19)7-4-9/h2,8-9,16H,1,3-7,14H2,(H,15,17). The van der Waals surface area contributed by atoms with Gasteiger partial charge < -0.3 is 16.4 Å². The van der Waals surface area contributed by atoms with Gasteiger partial charge in [-0.05, 0) is 18.9 Å². The van der Waals surface area contributed by atoms with Crippen LogP contribution in [0.25, 0.3) is 0 Å². The quantitative estimate of drug-likeness (QED) is 0.706. The van der Waals surface area contributed by atoms with Crippen molar-refractivity contribution in [3.63, 3.8) is 0 Å². The van der Waals surface area contributed by atoms with Crippen molar-refractivity contribution in [2.24, 2.45) is 0 Å². The molecule has 1 aromatic rings. The molecular formula is C13H19N3O3S2. The fourth-order valence-electron chi connectivity index (χ4n) is 2.13. The zero-order valence-electron chi connectivity index (χ0n) is 11.6. The monoisotopic (exact) mass is 329 g/mol. The lowest BCUT2D eigenvalue weighted by molar-refractivity contribution is 0.0963. The number of hydrogen-bond acceptors (Lipinski definition) is 6. The highest BCUT2D eigenvalue weighted by molar-refractivity contribution is 7.91. The lowest BCUT2D eigenvalue weighted by Gasteiger charge is -2.23. The SMILES string of the molecule is C=CCNC(=O)c1sc(NC2CCS(=O)(=O)CC2)cc1N. The first-order valence-electron chi connectivity index (χ1n) is 6.66. The van der Waals surface area contributed by atoms with Gasteiger partial charge in [-0.3, -0.25) is 4.79 Å². The molecule has 1 aliphatic rings. The van der Waals surface area contributed by atoms with Gasteiger partial charge in [0.15, 0.2) is 0 Å². The summed E-state index contributed by atoms with van der Waals surface area (Å²) >= 11 is 1.28. The van der Waals surface area contributed by atoms with Crippen LogP contribution in [0, 0.1) is 0 Å². The number of nitrogens with one attached hydrogen (secondary N) is 2. The van der Waals surface area contributed by atoms with Crippen molar-refractivity contribution in [2.75, 3.05) is 29.1 Å². The first-order valence-corrected chi connectivity index (χ1v) is 9.30. The average molecular weight is 329 g/mol. The molecule has 2 rings (SSSR count). The lowest BCUT2D eigenvalue weighted by atomic mass is 10.1. The van der Waals surface area contributed by atoms with Crippen molar-refractivity contribution in [3.8, 4) is 0 Å². The second-order valence-electron chi connectivity index (χ2n) is 4.96. The number of carbonyl (C=O) groups is 1. The number of rotatable bonds is 5. The Morgan fingerprint density at radius 3 is 2.76 bits per heavy atom. The van der Waals surface area contributed by atoms with E-state index in [1.807, 2.05) is 0 Å². The fraction of sp³-hybridized carbons (Fsp3) is 0.462. The minimum absolute atomic E-state index is 0.107. The molecule has 0 radical (unpaired) electrons. The summed E-state index contributed by atoms with van der Waals surface area (Å²) in [6, 6.07) is 1.83. The van der Waals surface area contributed by atoms with Gasteiger partial charge >= 0.3 is 0 Å². The molecule has 0 spiro atoms. The van der Waals surface area contributed by atoms with E-state index in [0.29, 0.717) is 30.0 Å². The molecule has 6 nitrogen and oxygen atoms in total. The zero-order chi connectivity index (χ0) is 15.5. The highest BCUT2D eigenvalue weighted by atomic mass is 32.2. The average Bonchev–Trinajstić information content (AvgIpc) is 2.79. The Labute approximate surface area is 128 Å². The van der Waals surface area contributed by atoms with E-state index in [0.717, 1.165) is 5.00 Å². The first-order chi connectivity index (χ1) is 9.91. The van der Waals surface area contributed by atoms with Crippen molar-refractivity contribution in [3.05, 3.63) is 23.6 Å². The van der Waals surface area contributed by atoms with E-state index >= 15 is 0 Å². The topological polar surface area (TPSA) is 101 Å². The molecule has 1 aliphatic heterocycles. The number of sulfone groups is 1. The molecule has 1 fully saturated rings. The fourth-order valence-corrected chi connectivity index (χ4v) is 4.60. The van der Waals surface area contributed by atoms with Crippen LogP contribution in [-0.2, 0) is 9.84 Å². The minimum Gasteiger partial charge on any atom is -0.397 e. The molecular weight excluding hydrogens is 310 g/mol. The normalized spacial score (nSPS) is 18.1. The van der Waals surface area contributed by atoms with E-state index < -0.39 is 9.84 Å². The Balaban J connectivity index is 1.99. The first kappa shape index (κ1) is 15.8. The van der Waals surface area contributed by atoms with Gasteiger partial charge in [-0.2, -0.15) is 0 Å². The van der Waals surface area contributed by atoms with Gasteiger partial charge in [0.1, 0.15) is 14.7 Å². The number of thiophene rings is 1. The number of nitrogens with two attached hydrogens (primary N) is 1. The van der Waals surface area contributed by atoms with Crippen molar-refractivity contribution >= 4 is 37.8 Å². The largest absolute Gasteiger partial charge is 0.397 e. The van der Waals surface area contributed by atoms with Crippen LogP contribution in [0.5, 0.6) is 0 Å². The molecule has 0 aliphatic carbocycles. The second-order valence-corrected chi connectivity index (χ2v) is 8.32. The molecule has 0 aromatic carbocycles. The molecule has 0 atom stereocenters. The third kappa shape index (κ3) is 4.21. The third-order valence-corrected chi connectivity index (χ3v) is 6.07. The van der Waals surface area contributed by atoms with Crippen LogP contribution in [-0.4, -0.2) is 38.4 Å². The predicted octanol–water partition coefficient (Wildman–Crippen LogP) is 1.24. The summed E-state index contributed by atoms with van der Waals surface area (Å²) in [5, 5.41) is 6.74. The van der Waals surface area contributed by atoms with Gasteiger partial charge in [0.05, 0.1) is 22.2 Å². The summed E-state index contributed by atoms with van der Waals surface area (Å²) in [4.78, 5) is 12.3. The van der Waals surface area contributed by atoms with Crippen molar-refractivity contribution < 1.29 is 13.2 Å². The summed E-state index contributed by atoms with van der Waals surface area (Å²) in [5.74, 6) is 0.188. The molecule has 4 N–H and O–H groups in total. The minimum atomic E-state index is -2.87. The van der Waals surface area contributed by atoms with E-state index in [1.54, 1.807) is 12.1 Å². The molecule has 0 unspecified atom stereocenters. The highest BCUT2D eigenvalue weighted by Crippen LogP contribution is 2.31. The van der Waals surface area contributed by atoms with Gasteiger partial charge in [0, 0.05) is 12.6 Å². The Morgan fingerprint density at radius 2 is 2.14 bits per heavy atom. The number of nitrogen functional groups attached to an aromatic ring is 1. The molecule has 1 amide bonds. The van der Waals surface area contributed by atoms with Crippen LogP contribution >= 0.6 is 11.3 Å². The highest BCUT2D eigenvalue weighted by Gasteiger charge is 2.24. The van der Waals surface area contributed by atoms with E-state index in [2.05, 4.69) is 17.2 Å². The summed E-state index contributed by atoms with van der Waals surface area (Å²) < 4.78 is 22.8. The molecule has 8 heteroatoms. The van der Waals surface area contributed by atoms with Crippen LogP contribution in [0.15, 0.2) is 18.7 Å². The van der Waals surface area contributed by atoms with Crippen molar-refractivity contribution in [1.82, 2.24) is 5.32 Å².